The van der Waals surface area contributed by atoms with Gasteiger partial charge < -0.3 is 9.80 Å². The van der Waals surface area contributed by atoms with Gasteiger partial charge >= 0.3 is 6.03 Å². The number of nitrogens with zero attached hydrogens (tertiary/aromatic N) is 2. The largest absolute Gasteiger partial charge is 0.328 e. The lowest BCUT2D eigenvalue weighted by Gasteiger charge is -2.50. The van der Waals surface area contributed by atoms with E-state index in [0.29, 0.717) is 6.42 Å². The number of amides is 2. The highest BCUT2D eigenvalue weighted by Crippen LogP contribution is 2.32. The fraction of sp³-hybridized carbons (Fsp3) is 0.435. The molecule has 160 valence electrons. The van der Waals surface area contributed by atoms with Crippen LogP contribution in [0, 0.1) is 0 Å². The highest BCUT2D eigenvalue weighted by Gasteiger charge is 2.44. The van der Waals surface area contributed by atoms with Crippen molar-refractivity contribution < 1.29 is 13.2 Å². The van der Waals surface area contributed by atoms with E-state index in [1.165, 1.54) is 6.26 Å². The molecule has 2 aliphatic rings. The Balaban J connectivity index is 1.66. The second-order valence-corrected chi connectivity index (χ2v) is 10.2. The molecule has 6 nitrogen and oxygen atoms in total. The van der Waals surface area contributed by atoms with Crippen LogP contribution in [0.15, 0.2) is 54.6 Å². The Kier molecular flexibility index (Phi) is 5.84. The molecule has 7 heteroatoms. The second kappa shape index (κ2) is 8.40. The maximum absolute atomic E-state index is 13.0. The molecule has 0 saturated carbocycles. The number of hydrogen-bond acceptors (Lipinski definition) is 3. The van der Waals surface area contributed by atoms with E-state index >= 15 is 0 Å². The number of piperidine rings is 1. The molecule has 0 aliphatic carbocycles. The molecular formula is C23H29N3O3S. The third kappa shape index (κ3) is 4.52. The van der Waals surface area contributed by atoms with Crippen LogP contribution in [0.3, 0.4) is 0 Å². The summed E-state index contributed by atoms with van der Waals surface area (Å²) in [6.45, 7) is 0.750. The van der Waals surface area contributed by atoms with E-state index < -0.39 is 10.0 Å². The Morgan fingerprint density at radius 2 is 1.73 bits per heavy atom. The van der Waals surface area contributed by atoms with Crippen LogP contribution in [0.25, 0.3) is 11.1 Å². The lowest BCUT2D eigenvalue weighted by molar-refractivity contribution is 0.0417. The molecule has 0 unspecified atom stereocenters. The Hall–Kier alpha value is -2.38. The number of hydrogen-bond donors (Lipinski definition) is 1. The lowest BCUT2D eigenvalue weighted by Crippen LogP contribution is -2.65. The number of carbonyl (C=O) groups is 1. The van der Waals surface area contributed by atoms with Crippen molar-refractivity contribution in [1.82, 2.24) is 14.5 Å². The summed E-state index contributed by atoms with van der Waals surface area (Å²) in [5.74, 6) is 0. The van der Waals surface area contributed by atoms with Crippen molar-refractivity contribution in [3.63, 3.8) is 0 Å². The quantitative estimate of drug-likeness (QED) is 0.797. The van der Waals surface area contributed by atoms with Crippen molar-refractivity contribution >= 4 is 16.1 Å². The number of benzene rings is 2. The van der Waals surface area contributed by atoms with Gasteiger partial charge in [-0.3, -0.25) is 0 Å². The van der Waals surface area contributed by atoms with Gasteiger partial charge in [-0.1, -0.05) is 54.6 Å². The minimum Gasteiger partial charge on any atom is -0.328 e. The predicted octanol–water partition coefficient (Wildman–Crippen LogP) is 3.10. The normalized spacial score (nSPS) is 24.6. The van der Waals surface area contributed by atoms with Gasteiger partial charge in [0.1, 0.15) is 0 Å². The van der Waals surface area contributed by atoms with Gasteiger partial charge in [0.05, 0.1) is 12.3 Å². The summed E-state index contributed by atoms with van der Waals surface area (Å²) in [5.41, 5.74) is 3.36. The average Bonchev–Trinajstić information content (AvgIpc) is 2.72. The van der Waals surface area contributed by atoms with Crippen LogP contribution >= 0.6 is 0 Å². The lowest BCUT2D eigenvalue weighted by atomic mass is 9.85. The van der Waals surface area contributed by atoms with Crippen LogP contribution in [0.4, 0.5) is 4.79 Å². The van der Waals surface area contributed by atoms with Gasteiger partial charge in [0, 0.05) is 25.7 Å². The maximum Gasteiger partial charge on any atom is 0.320 e. The summed E-state index contributed by atoms with van der Waals surface area (Å²) in [6, 6.07) is 18.2. The summed E-state index contributed by atoms with van der Waals surface area (Å²) in [5, 5.41) is 0. The first-order chi connectivity index (χ1) is 14.3. The molecule has 0 aromatic heterocycles. The number of urea groups is 1. The molecule has 2 aromatic carbocycles. The topological polar surface area (TPSA) is 69.7 Å². The molecule has 1 N–H and O–H groups in total. The van der Waals surface area contributed by atoms with Crippen LogP contribution in [0.2, 0.25) is 0 Å². The van der Waals surface area contributed by atoms with Crippen molar-refractivity contribution in [2.45, 2.75) is 43.8 Å². The fourth-order valence-electron chi connectivity index (χ4n) is 4.79. The molecule has 2 fully saturated rings. The van der Waals surface area contributed by atoms with E-state index in [1.54, 1.807) is 4.90 Å². The Labute approximate surface area is 178 Å². The zero-order valence-electron chi connectivity index (χ0n) is 17.5. The fourth-order valence-corrected chi connectivity index (χ4v) is 5.61. The molecular weight excluding hydrogens is 398 g/mol. The molecule has 2 aromatic rings. The summed E-state index contributed by atoms with van der Waals surface area (Å²) in [4.78, 5) is 16.7. The van der Waals surface area contributed by atoms with E-state index in [9.17, 15) is 13.2 Å². The van der Waals surface area contributed by atoms with Crippen molar-refractivity contribution in [1.29, 1.82) is 0 Å². The molecule has 2 amide bonds. The minimum atomic E-state index is -3.37. The Bertz CT molecular complexity index is 1010. The van der Waals surface area contributed by atoms with Gasteiger partial charge in [-0.15, -0.1) is 0 Å². The van der Waals surface area contributed by atoms with Crippen LogP contribution < -0.4 is 4.72 Å². The molecule has 4 rings (SSSR count). The van der Waals surface area contributed by atoms with E-state index in [0.717, 1.165) is 42.5 Å². The van der Waals surface area contributed by atoms with Crippen molar-refractivity contribution in [2.24, 2.45) is 0 Å². The van der Waals surface area contributed by atoms with Crippen molar-refractivity contribution in [3.05, 3.63) is 60.2 Å². The van der Waals surface area contributed by atoms with Gasteiger partial charge in [0.15, 0.2) is 0 Å². The second-order valence-electron chi connectivity index (χ2n) is 8.47. The van der Waals surface area contributed by atoms with Gasteiger partial charge in [-0.05, 0) is 42.4 Å². The van der Waals surface area contributed by atoms with Crippen LogP contribution in [0.5, 0.6) is 0 Å². The van der Waals surface area contributed by atoms with E-state index in [-0.39, 0.29) is 24.2 Å². The summed E-state index contributed by atoms with van der Waals surface area (Å²) < 4.78 is 26.8. The first-order valence-corrected chi connectivity index (χ1v) is 12.4. The third-order valence-electron chi connectivity index (χ3n) is 6.22. The van der Waals surface area contributed by atoms with E-state index in [4.69, 9.17) is 0 Å². The summed E-state index contributed by atoms with van der Waals surface area (Å²) in [6.07, 6.45) is 4.30. The number of nitrogens with one attached hydrogen (secondary N) is 1. The Morgan fingerprint density at radius 3 is 2.47 bits per heavy atom. The number of fused-ring (bicyclic) bond motifs is 1. The zero-order valence-corrected chi connectivity index (χ0v) is 18.3. The average molecular weight is 428 g/mol. The molecule has 2 aliphatic heterocycles. The first kappa shape index (κ1) is 20.9. The van der Waals surface area contributed by atoms with Gasteiger partial charge in [-0.2, -0.15) is 0 Å². The predicted molar refractivity (Wildman–Crippen MR) is 119 cm³/mol. The highest BCUT2D eigenvalue weighted by molar-refractivity contribution is 7.88. The van der Waals surface area contributed by atoms with Crippen LogP contribution in [-0.4, -0.2) is 62.2 Å². The monoisotopic (exact) mass is 427 g/mol. The first-order valence-electron chi connectivity index (χ1n) is 10.5. The molecule has 3 atom stereocenters. The minimum absolute atomic E-state index is 0.00420. The van der Waals surface area contributed by atoms with Gasteiger partial charge in [0.25, 0.3) is 0 Å². The number of rotatable bonds is 5. The zero-order chi connectivity index (χ0) is 21.3. The standard InChI is InChI=1S/C23H29N3O3S/c1-25-14-13-20-11-12-21(24-30(2,28)29)22(26(20)23(25)27)16-17-7-6-10-19(15-17)18-8-4-3-5-9-18/h3-10,15,20-22,24H,11-14,16H2,1-2H3/t20-,21-,22-/m0/s1. The number of sulfonamides is 1. The third-order valence-corrected chi connectivity index (χ3v) is 6.95. The van der Waals surface area contributed by atoms with Crippen molar-refractivity contribution in [2.75, 3.05) is 19.8 Å². The SMILES string of the molecule is CN1CC[C@@H]2CC[C@H](NS(C)(=O)=O)[C@H](Cc3cccc(-c4ccccc4)c3)N2C1=O. The van der Waals surface area contributed by atoms with Crippen molar-refractivity contribution in [3.8, 4) is 11.1 Å². The van der Waals surface area contributed by atoms with Gasteiger partial charge in [0.2, 0.25) is 10.0 Å². The molecule has 30 heavy (non-hydrogen) atoms. The summed E-state index contributed by atoms with van der Waals surface area (Å²) in [7, 11) is -1.55. The number of carbonyl (C=O) groups excluding carboxylic acids is 1. The molecule has 0 spiro atoms. The molecule has 0 bridgehead atoms. The smallest absolute Gasteiger partial charge is 0.320 e. The maximum atomic E-state index is 13.0. The van der Waals surface area contributed by atoms with Crippen LogP contribution in [-0.2, 0) is 16.4 Å². The summed E-state index contributed by atoms with van der Waals surface area (Å²) >= 11 is 0. The molecule has 0 radical (unpaired) electrons. The van der Waals surface area contributed by atoms with E-state index in [2.05, 4.69) is 35.1 Å². The highest BCUT2D eigenvalue weighted by atomic mass is 32.2. The van der Waals surface area contributed by atoms with Gasteiger partial charge in [-0.25, -0.2) is 17.9 Å². The molecule has 2 heterocycles. The Morgan fingerprint density at radius 1 is 1.00 bits per heavy atom. The van der Waals surface area contributed by atoms with E-state index in [1.807, 2.05) is 36.2 Å². The molecule has 2 saturated heterocycles. The van der Waals surface area contributed by atoms with Crippen LogP contribution in [0.1, 0.15) is 24.8 Å².